The predicted molar refractivity (Wildman–Crippen MR) is 93.9 cm³/mol. The minimum atomic E-state index is -0.511. The van der Waals surface area contributed by atoms with Crippen LogP contribution in [0.4, 0.5) is 0 Å². The van der Waals surface area contributed by atoms with Gasteiger partial charge < -0.3 is 15.2 Å². The van der Waals surface area contributed by atoms with Crippen LogP contribution in [-0.4, -0.2) is 50.0 Å². The molecule has 2 aliphatic rings. The van der Waals surface area contributed by atoms with Crippen molar-refractivity contribution in [3.63, 3.8) is 0 Å². The van der Waals surface area contributed by atoms with Crippen LogP contribution in [0.3, 0.4) is 0 Å². The molecule has 11 heteroatoms. The lowest BCUT2D eigenvalue weighted by Gasteiger charge is -2.28. The number of nitrogens with zero attached hydrogens (tertiary/aromatic N) is 5. The van der Waals surface area contributed by atoms with E-state index in [4.69, 9.17) is 39.0 Å². The van der Waals surface area contributed by atoms with E-state index in [1.807, 2.05) is 18.2 Å². The molecule has 25 heavy (non-hydrogen) atoms. The van der Waals surface area contributed by atoms with Crippen LogP contribution in [0.25, 0.3) is 11.4 Å². The second kappa shape index (κ2) is 6.64. The third-order valence-electron chi connectivity index (χ3n) is 4.06. The van der Waals surface area contributed by atoms with E-state index in [9.17, 15) is 0 Å². The maximum absolute atomic E-state index is 6.29. The lowest BCUT2D eigenvalue weighted by molar-refractivity contribution is -0.0320. The lowest BCUT2D eigenvalue weighted by Crippen LogP contribution is -2.39. The zero-order chi connectivity index (χ0) is 17.4. The van der Waals surface area contributed by atoms with E-state index in [1.165, 1.54) is 0 Å². The summed E-state index contributed by atoms with van der Waals surface area (Å²) in [5, 5.41) is 16.9. The molecule has 0 unspecified atom stereocenters. The van der Waals surface area contributed by atoms with Crippen molar-refractivity contribution in [2.45, 2.75) is 24.9 Å². The highest BCUT2D eigenvalue weighted by Crippen LogP contribution is 2.36. The molecule has 0 saturated carbocycles. The Morgan fingerprint density at radius 2 is 2.28 bits per heavy atom. The van der Waals surface area contributed by atoms with Gasteiger partial charge in [-0.15, -0.1) is 5.10 Å². The molecule has 2 aliphatic heterocycles. The molecule has 1 aromatic carbocycles. The number of nitrogens with one attached hydrogen (secondary N) is 1. The molecule has 2 bridgehead atoms. The Bertz CT molecular complexity index is 842. The number of benzene rings is 1. The highest BCUT2D eigenvalue weighted by atomic mass is 35.5. The Kier molecular flexibility index (Phi) is 4.34. The molecule has 3 atom stereocenters. The van der Waals surface area contributed by atoms with Crippen molar-refractivity contribution in [3.8, 4) is 11.4 Å². The fourth-order valence-electron chi connectivity index (χ4n) is 2.94. The Morgan fingerprint density at radius 1 is 1.44 bits per heavy atom. The Hall–Kier alpha value is -2.14. The summed E-state index contributed by atoms with van der Waals surface area (Å²) in [5.41, 5.74) is 9.40. The molecule has 0 radical (unpaired) electrons. The maximum atomic E-state index is 6.29. The largest absolute Gasteiger partial charge is 0.375 e. The van der Waals surface area contributed by atoms with Gasteiger partial charge in [-0.2, -0.15) is 5.10 Å². The highest BCUT2D eigenvalue weighted by molar-refractivity contribution is 7.80. The molecule has 0 aliphatic carbocycles. The van der Waals surface area contributed by atoms with Gasteiger partial charge in [-0.25, -0.2) is 4.68 Å². The summed E-state index contributed by atoms with van der Waals surface area (Å²) in [6.45, 7) is 0.420. The number of thiocarbonyl (C=S) groups is 1. The molecule has 2 fully saturated rings. The standard InChI is InChI=1S/C14H14ClN7O2S/c15-8-4-2-1-3-7(8)12-18-20-21-22(12)10-5-9(17-19-14(16)25)13-23-6-11(10)24-13/h1-4,10-11,13H,5-6H2,(H3,16,19,25)/b17-9+/t10-,11+,13+/m0/s1. The number of hydrogen-bond donors (Lipinski definition) is 2. The van der Waals surface area contributed by atoms with Gasteiger partial charge in [0.05, 0.1) is 23.4 Å². The molecule has 1 aromatic heterocycles. The van der Waals surface area contributed by atoms with Gasteiger partial charge in [-0.1, -0.05) is 23.7 Å². The summed E-state index contributed by atoms with van der Waals surface area (Å²) < 4.78 is 13.2. The Morgan fingerprint density at radius 3 is 3.08 bits per heavy atom. The molecule has 4 rings (SSSR count). The first-order valence-electron chi connectivity index (χ1n) is 7.55. The summed E-state index contributed by atoms with van der Waals surface area (Å²) in [7, 11) is 0. The van der Waals surface area contributed by atoms with Gasteiger partial charge in [0.2, 0.25) is 0 Å². The molecular weight excluding hydrogens is 366 g/mol. The van der Waals surface area contributed by atoms with Crippen molar-refractivity contribution in [2.75, 3.05) is 6.61 Å². The van der Waals surface area contributed by atoms with E-state index in [1.54, 1.807) is 10.7 Å². The zero-order valence-electron chi connectivity index (χ0n) is 12.9. The second-order valence-electron chi connectivity index (χ2n) is 5.62. The van der Waals surface area contributed by atoms with E-state index in [0.717, 1.165) is 5.56 Å². The van der Waals surface area contributed by atoms with E-state index in [-0.39, 0.29) is 17.3 Å². The first-order valence-corrected chi connectivity index (χ1v) is 8.34. The van der Waals surface area contributed by atoms with Crippen molar-refractivity contribution in [2.24, 2.45) is 10.8 Å². The number of halogens is 1. The SMILES string of the molecule is NC(=S)N/N=C1\C[C@H](n2nnnc2-c2ccccc2Cl)[C@H]2CO[C@@H]1O2. The Labute approximate surface area is 153 Å². The van der Waals surface area contributed by atoms with E-state index >= 15 is 0 Å². The van der Waals surface area contributed by atoms with Crippen molar-refractivity contribution in [1.29, 1.82) is 0 Å². The molecular formula is C14H14ClN7O2S. The average Bonchev–Trinajstić information content (AvgIpc) is 3.23. The predicted octanol–water partition coefficient (Wildman–Crippen LogP) is 0.869. The minimum absolute atomic E-state index is 0.0725. The molecule has 2 aromatic rings. The molecule has 0 amide bonds. The topological polar surface area (TPSA) is 112 Å². The van der Waals surface area contributed by atoms with Crippen LogP contribution in [0.15, 0.2) is 29.4 Å². The van der Waals surface area contributed by atoms with E-state index in [0.29, 0.717) is 29.6 Å². The van der Waals surface area contributed by atoms with Crippen molar-refractivity contribution < 1.29 is 9.47 Å². The summed E-state index contributed by atoms with van der Waals surface area (Å²) in [6.07, 6.45) is -0.158. The number of hydrogen-bond acceptors (Lipinski definition) is 7. The van der Waals surface area contributed by atoms with Gasteiger partial charge in [0, 0.05) is 12.0 Å². The molecule has 3 N–H and O–H groups in total. The van der Waals surface area contributed by atoms with E-state index < -0.39 is 6.29 Å². The van der Waals surface area contributed by atoms with Crippen molar-refractivity contribution in [3.05, 3.63) is 29.3 Å². The fraction of sp³-hybridized carbons (Fsp3) is 0.357. The van der Waals surface area contributed by atoms with Crippen LogP contribution in [0.5, 0.6) is 0 Å². The van der Waals surface area contributed by atoms with Gasteiger partial charge >= 0.3 is 0 Å². The van der Waals surface area contributed by atoms with Crippen LogP contribution >= 0.6 is 23.8 Å². The van der Waals surface area contributed by atoms with Gasteiger partial charge in [-0.05, 0) is 34.8 Å². The minimum Gasteiger partial charge on any atom is -0.375 e. The molecule has 9 nitrogen and oxygen atoms in total. The van der Waals surface area contributed by atoms with E-state index in [2.05, 4.69) is 26.1 Å². The number of aromatic nitrogens is 4. The van der Waals surface area contributed by atoms with Crippen LogP contribution in [0, 0.1) is 0 Å². The third kappa shape index (κ3) is 3.09. The fourth-order valence-corrected chi connectivity index (χ4v) is 3.21. The molecule has 3 heterocycles. The van der Waals surface area contributed by atoms with Crippen LogP contribution in [0.1, 0.15) is 12.5 Å². The molecule has 2 saturated heterocycles. The van der Waals surface area contributed by atoms with Crippen molar-refractivity contribution >= 4 is 34.6 Å². The lowest BCUT2D eigenvalue weighted by atomic mass is 10.0. The number of rotatable bonds is 3. The number of ether oxygens (including phenoxy) is 2. The van der Waals surface area contributed by atoms with Crippen LogP contribution in [0.2, 0.25) is 5.02 Å². The van der Waals surface area contributed by atoms with Crippen LogP contribution < -0.4 is 11.2 Å². The summed E-state index contributed by atoms with van der Waals surface area (Å²) >= 11 is 11.1. The van der Waals surface area contributed by atoms with Gasteiger partial charge in [-0.3, -0.25) is 5.43 Å². The third-order valence-corrected chi connectivity index (χ3v) is 4.48. The molecule has 130 valence electrons. The Balaban J connectivity index is 1.68. The maximum Gasteiger partial charge on any atom is 0.199 e. The van der Waals surface area contributed by atoms with Crippen molar-refractivity contribution in [1.82, 2.24) is 25.6 Å². The summed E-state index contributed by atoms with van der Waals surface area (Å²) in [4.78, 5) is 0. The first kappa shape index (κ1) is 16.3. The van der Waals surface area contributed by atoms with Gasteiger partial charge in [0.15, 0.2) is 17.2 Å². The zero-order valence-corrected chi connectivity index (χ0v) is 14.4. The first-order chi connectivity index (χ1) is 12.1. The number of hydrazone groups is 1. The quantitative estimate of drug-likeness (QED) is 0.596. The number of tetrazole rings is 1. The monoisotopic (exact) mass is 379 g/mol. The summed E-state index contributed by atoms with van der Waals surface area (Å²) in [5.74, 6) is 0.561. The van der Waals surface area contributed by atoms with Crippen LogP contribution in [-0.2, 0) is 9.47 Å². The number of fused-ring (bicyclic) bond motifs is 2. The smallest absolute Gasteiger partial charge is 0.199 e. The second-order valence-corrected chi connectivity index (χ2v) is 6.46. The normalized spacial score (nSPS) is 26.8. The van der Waals surface area contributed by atoms with Gasteiger partial charge in [0.25, 0.3) is 0 Å². The average molecular weight is 380 g/mol. The highest BCUT2D eigenvalue weighted by Gasteiger charge is 2.44. The summed E-state index contributed by atoms with van der Waals surface area (Å²) in [6, 6.07) is 7.20. The number of nitrogens with two attached hydrogens (primary N) is 1. The van der Waals surface area contributed by atoms with Gasteiger partial charge in [0.1, 0.15) is 6.10 Å². The molecule has 0 spiro atoms.